The van der Waals surface area contributed by atoms with Crippen molar-refractivity contribution in [1.82, 2.24) is 20.4 Å². The Morgan fingerprint density at radius 1 is 1.31 bits per heavy atom. The summed E-state index contributed by atoms with van der Waals surface area (Å²) in [7, 11) is 0. The molecule has 1 aromatic carbocycles. The topological polar surface area (TPSA) is 104 Å². The fraction of sp³-hybridized carbons (Fsp3) is 0.455. The van der Waals surface area contributed by atoms with E-state index >= 15 is 0 Å². The standard InChI is InChI=1S/C22H26F2N4O4/c1-13(2)21(22(31)32-12-15-8-9-25-27-15)26-18(29)10-16-6-7-19(30)28(16)11-14-4-3-5-17(23)20(14)24/h3-5,8-9,13,16,21H,6-7,10-12H2,1-2H3,(H,25,27)(H,26,29)/t16-,21-/m0/s1. The van der Waals surface area contributed by atoms with Crippen molar-refractivity contribution in [2.24, 2.45) is 5.92 Å². The van der Waals surface area contributed by atoms with Crippen LogP contribution in [0.25, 0.3) is 0 Å². The monoisotopic (exact) mass is 448 g/mol. The van der Waals surface area contributed by atoms with Gasteiger partial charge in [0.1, 0.15) is 12.6 Å². The smallest absolute Gasteiger partial charge is 0.329 e. The molecule has 0 unspecified atom stereocenters. The molecular formula is C22H26F2N4O4. The molecule has 3 rings (SSSR count). The van der Waals surface area contributed by atoms with Crippen LogP contribution in [-0.4, -0.2) is 45.0 Å². The number of carbonyl (C=O) groups is 3. The van der Waals surface area contributed by atoms with Gasteiger partial charge in [-0.15, -0.1) is 0 Å². The molecule has 1 aliphatic heterocycles. The van der Waals surface area contributed by atoms with E-state index in [-0.39, 0.29) is 43.4 Å². The lowest BCUT2D eigenvalue weighted by Gasteiger charge is -2.26. The molecule has 2 N–H and O–H groups in total. The molecule has 172 valence electrons. The van der Waals surface area contributed by atoms with Gasteiger partial charge in [-0.05, 0) is 24.5 Å². The molecule has 0 bridgehead atoms. The van der Waals surface area contributed by atoms with E-state index in [4.69, 9.17) is 4.74 Å². The minimum Gasteiger partial charge on any atom is -0.458 e. The van der Waals surface area contributed by atoms with Gasteiger partial charge in [0.2, 0.25) is 11.8 Å². The minimum atomic E-state index is -1.00. The van der Waals surface area contributed by atoms with E-state index in [1.54, 1.807) is 19.9 Å². The average Bonchev–Trinajstić information content (AvgIpc) is 3.38. The van der Waals surface area contributed by atoms with E-state index in [0.717, 1.165) is 6.07 Å². The third-order valence-electron chi connectivity index (χ3n) is 5.41. The van der Waals surface area contributed by atoms with E-state index in [1.165, 1.54) is 23.2 Å². The van der Waals surface area contributed by atoms with Crippen LogP contribution in [-0.2, 0) is 32.3 Å². The van der Waals surface area contributed by atoms with Crippen molar-refractivity contribution in [2.45, 2.75) is 58.3 Å². The number of esters is 1. The quantitative estimate of drug-likeness (QED) is 0.574. The zero-order chi connectivity index (χ0) is 23.3. The van der Waals surface area contributed by atoms with E-state index in [9.17, 15) is 23.2 Å². The van der Waals surface area contributed by atoms with Crippen LogP contribution in [0.15, 0.2) is 30.5 Å². The number of halogens is 2. The lowest BCUT2D eigenvalue weighted by atomic mass is 10.0. The number of likely N-dealkylation sites (tertiary alicyclic amines) is 1. The highest BCUT2D eigenvalue weighted by Crippen LogP contribution is 2.25. The van der Waals surface area contributed by atoms with Crippen molar-refractivity contribution < 1.29 is 27.9 Å². The van der Waals surface area contributed by atoms with Gasteiger partial charge in [-0.25, -0.2) is 13.6 Å². The van der Waals surface area contributed by atoms with Crippen molar-refractivity contribution in [1.29, 1.82) is 0 Å². The molecule has 0 aliphatic carbocycles. The number of benzene rings is 1. The maximum absolute atomic E-state index is 14.0. The Hall–Kier alpha value is -3.30. The molecule has 2 amide bonds. The van der Waals surface area contributed by atoms with E-state index < -0.39 is 35.6 Å². The van der Waals surface area contributed by atoms with Gasteiger partial charge in [0.05, 0.1) is 5.69 Å². The summed E-state index contributed by atoms with van der Waals surface area (Å²) in [5.74, 6) is -3.45. The van der Waals surface area contributed by atoms with Gasteiger partial charge in [0.15, 0.2) is 11.6 Å². The molecule has 0 spiro atoms. The van der Waals surface area contributed by atoms with Gasteiger partial charge in [-0.1, -0.05) is 26.0 Å². The molecule has 8 nitrogen and oxygen atoms in total. The SMILES string of the molecule is CC(C)[C@H](NC(=O)C[C@@H]1CCC(=O)N1Cc1cccc(F)c1F)C(=O)OCc1ccn[nH]1. The molecule has 2 aromatic rings. The summed E-state index contributed by atoms with van der Waals surface area (Å²) in [5, 5.41) is 9.14. The Morgan fingerprint density at radius 3 is 2.78 bits per heavy atom. The lowest BCUT2D eigenvalue weighted by Crippen LogP contribution is -2.47. The zero-order valence-corrected chi connectivity index (χ0v) is 17.9. The highest BCUT2D eigenvalue weighted by atomic mass is 19.2. The van der Waals surface area contributed by atoms with Crippen LogP contribution in [0.3, 0.4) is 0 Å². The summed E-state index contributed by atoms with van der Waals surface area (Å²) in [4.78, 5) is 38.8. The summed E-state index contributed by atoms with van der Waals surface area (Å²) < 4.78 is 32.8. The lowest BCUT2D eigenvalue weighted by molar-refractivity contribution is -0.150. The molecule has 0 saturated carbocycles. The van der Waals surface area contributed by atoms with E-state index in [0.29, 0.717) is 12.1 Å². The summed E-state index contributed by atoms with van der Waals surface area (Å²) in [6, 6.07) is 4.12. The number of nitrogens with zero attached hydrogens (tertiary/aromatic N) is 2. The molecule has 1 aliphatic rings. The van der Waals surface area contributed by atoms with Crippen molar-refractivity contribution in [3.8, 4) is 0 Å². The molecule has 2 atom stereocenters. The number of aromatic amines is 1. The Bertz CT molecular complexity index is 965. The zero-order valence-electron chi connectivity index (χ0n) is 17.9. The van der Waals surface area contributed by atoms with Crippen molar-refractivity contribution >= 4 is 17.8 Å². The minimum absolute atomic E-state index is 0.00201. The molecule has 1 aromatic heterocycles. The van der Waals surface area contributed by atoms with Crippen LogP contribution < -0.4 is 5.32 Å². The molecular weight excluding hydrogens is 422 g/mol. The number of hydrogen-bond donors (Lipinski definition) is 2. The van der Waals surface area contributed by atoms with E-state index in [1.807, 2.05) is 0 Å². The van der Waals surface area contributed by atoms with Crippen LogP contribution in [0.1, 0.15) is 44.4 Å². The Labute approximate surface area is 184 Å². The van der Waals surface area contributed by atoms with Gasteiger partial charge >= 0.3 is 5.97 Å². The first-order valence-electron chi connectivity index (χ1n) is 10.4. The first-order chi connectivity index (χ1) is 15.3. The fourth-order valence-corrected chi connectivity index (χ4v) is 3.62. The van der Waals surface area contributed by atoms with Crippen molar-refractivity contribution in [3.05, 3.63) is 53.4 Å². The van der Waals surface area contributed by atoms with Crippen LogP contribution in [0.4, 0.5) is 8.78 Å². The second-order valence-corrected chi connectivity index (χ2v) is 8.11. The van der Waals surface area contributed by atoms with E-state index in [2.05, 4.69) is 15.5 Å². The van der Waals surface area contributed by atoms with Gasteiger partial charge < -0.3 is 15.0 Å². The maximum Gasteiger partial charge on any atom is 0.329 e. The predicted octanol–water partition coefficient (Wildman–Crippen LogP) is 2.45. The first-order valence-corrected chi connectivity index (χ1v) is 10.4. The number of nitrogens with one attached hydrogen (secondary N) is 2. The first kappa shape index (κ1) is 23.4. The Morgan fingerprint density at radius 2 is 2.09 bits per heavy atom. The third-order valence-corrected chi connectivity index (χ3v) is 5.41. The number of aromatic nitrogens is 2. The van der Waals surface area contributed by atoms with Crippen LogP contribution in [0.2, 0.25) is 0 Å². The Balaban J connectivity index is 1.60. The molecule has 1 saturated heterocycles. The average molecular weight is 448 g/mol. The van der Waals surface area contributed by atoms with Crippen molar-refractivity contribution in [2.75, 3.05) is 0 Å². The van der Waals surface area contributed by atoms with Crippen LogP contribution in [0, 0.1) is 17.6 Å². The molecule has 10 heteroatoms. The Kier molecular flexibility index (Phi) is 7.55. The number of amides is 2. The molecule has 32 heavy (non-hydrogen) atoms. The molecule has 1 fully saturated rings. The summed E-state index contributed by atoms with van der Waals surface area (Å²) >= 11 is 0. The van der Waals surface area contributed by atoms with Crippen molar-refractivity contribution in [3.63, 3.8) is 0 Å². The van der Waals surface area contributed by atoms with Crippen LogP contribution in [0.5, 0.6) is 0 Å². The number of ether oxygens (including phenoxy) is 1. The highest BCUT2D eigenvalue weighted by Gasteiger charge is 2.34. The van der Waals surface area contributed by atoms with Gasteiger partial charge in [0, 0.05) is 37.2 Å². The molecule has 2 heterocycles. The second kappa shape index (κ2) is 10.3. The number of H-pyrrole nitrogens is 1. The molecule has 0 radical (unpaired) electrons. The van der Waals surface area contributed by atoms with Gasteiger partial charge in [-0.3, -0.25) is 14.7 Å². The number of rotatable bonds is 9. The largest absolute Gasteiger partial charge is 0.458 e. The predicted molar refractivity (Wildman–Crippen MR) is 110 cm³/mol. The normalized spacial score (nSPS) is 17.0. The summed E-state index contributed by atoms with van der Waals surface area (Å²) in [6.45, 7) is 3.43. The maximum atomic E-state index is 14.0. The fourth-order valence-electron chi connectivity index (χ4n) is 3.62. The summed E-state index contributed by atoms with van der Waals surface area (Å²) in [6.07, 6.45) is 2.11. The number of carbonyl (C=O) groups excluding carboxylic acids is 3. The second-order valence-electron chi connectivity index (χ2n) is 8.11. The van der Waals surface area contributed by atoms with Gasteiger partial charge in [0.25, 0.3) is 0 Å². The highest BCUT2D eigenvalue weighted by molar-refractivity contribution is 5.86. The summed E-state index contributed by atoms with van der Waals surface area (Å²) in [5.41, 5.74) is 0.671. The van der Waals surface area contributed by atoms with Gasteiger partial charge in [-0.2, -0.15) is 5.10 Å². The third kappa shape index (κ3) is 5.68. The number of hydrogen-bond acceptors (Lipinski definition) is 5. The van der Waals surface area contributed by atoms with Crippen LogP contribution >= 0.6 is 0 Å².